The molecule has 0 saturated heterocycles. The van der Waals surface area contributed by atoms with Gasteiger partial charge in [-0.2, -0.15) is 8.42 Å². The molecule has 1 N–H and O–H groups in total. The Morgan fingerprint density at radius 1 is 1.29 bits per heavy atom. The molecule has 1 aromatic carbocycles. The first kappa shape index (κ1) is 15.7. The molecule has 1 aromatic heterocycles. The minimum Gasteiger partial charge on any atom is -0.496 e. The Hall–Kier alpha value is -1.73. The maximum absolute atomic E-state index is 12.4. The zero-order chi connectivity index (χ0) is 15.8. The standard InChI is InChI=1S/C13H16ClN3O3S/c1-8-5-9(2)11(20-4)6-10(8)16-21(18,19)12-7-15-13(14)17(12)3/h5-7,16H,1-4H3. The Balaban J connectivity index is 2.44. The molecular weight excluding hydrogens is 314 g/mol. The van der Waals surface area contributed by atoms with E-state index in [-0.39, 0.29) is 10.3 Å². The number of sulfonamides is 1. The number of aromatic nitrogens is 2. The third-order valence-electron chi connectivity index (χ3n) is 3.15. The van der Waals surface area contributed by atoms with E-state index in [1.165, 1.54) is 24.9 Å². The van der Waals surface area contributed by atoms with Crippen molar-refractivity contribution in [3.63, 3.8) is 0 Å². The van der Waals surface area contributed by atoms with Crippen molar-refractivity contribution in [2.75, 3.05) is 11.8 Å². The Kier molecular flexibility index (Phi) is 4.15. The number of methoxy groups -OCH3 is 1. The van der Waals surface area contributed by atoms with Crippen molar-refractivity contribution in [1.29, 1.82) is 0 Å². The highest BCUT2D eigenvalue weighted by molar-refractivity contribution is 7.92. The number of rotatable bonds is 4. The third-order valence-corrected chi connectivity index (χ3v) is 4.92. The van der Waals surface area contributed by atoms with Crippen molar-refractivity contribution in [2.24, 2.45) is 7.05 Å². The summed E-state index contributed by atoms with van der Waals surface area (Å²) in [4.78, 5) is 3.78. The predicted molar refractivity (Wildman–Crippen MR) is 81.5 cm³/mol. The summed E-state index contributed by atoms with van der Waals surface area (Å²) in [6, 6.07) is 3.51. The highest BCUT2D eigenvalue weighted by Crippen LogP contribution is 2.28. The summed E-state index contributed by atoms with van der Waals surface area (Å²) in [6.45, 7) is 3.71. The van der Waals surface area contributed by atoms with Crippen LogP contribution in [0.3, 0.4) is 0 Å². The predicted octanol–water partition coefficient (Wildman–Crippen LogP) is 2.50. The zero-order valence-corrected chi connectivity index (χ0v) is 13.7. The number of halogens is 1. The molecule has 0 amide bonds. The van der Waals surface area contributed by atoms with Crippen LogP contribution in [0, 0.1) is 13.8 Å². The van der Waals surface area contributed by atoms with Gasteiger partial charge in [-0.15, -0.1) is 0 Å². The van der Waals surface area contributed by atoms with Crippen LogP contribution in [0.1, 0.15) is 11.1 Å². The van der Waals surface area contributed by atoms with Gasteiger partial charge < -0.3 is 9.30 Å². The van der Waals surface area contributed by atoms with E-state index in [2.05, 4.69) is 9.71 Å². The minimum atomic E-state index is -3.77. The summed E-state index contributed by atoms with van der Waals surface area (Å²) in [6.07, 6.45) is 1.21. The van der Waals surface area contributed by atoms with Gasteiger partial charge in [0.05, 0.1) is 19.0 Å². The van der Waals surface area contributed by atoms with Crippen molar-refractivity contribution in [1.82, 2.24) is 9.55 Å². The SMILES string of the molecule is COc1cc(NS(=O)(=O)c2cnc(Cl)n2C)c(C)cc1C. The number of aryl methyl sites for hydroxylation is 2. The summed E-state index contributed by atoms with van der Waals surface area (Å²) in [5, 5.41) is 0.0972. The molecule has 0 aliphatic heterocycles. The molecule has 0 atom stereocenters. The number of ether oxygens (including phenoxy) is 1. The molecule has 0 unspecified atom stereocenters. The van der Waals surface area contributed by atoms with Gasteiger partial charge in [0.15, 0.2) is 5.03 Å². The molecule has 8 heteroatoms. The summed E-state index contributed by atoms with van der Waals surface area (Å²) in [7, 11) is -0.700. The summed E-state index contributed by atoms with van der Waals surface area (Å²) in [5.74, 6) is 0.612. The fourth-order valence-electron chi connectivity index (χ4n) is 1.98. The van der Waals surface area contributed by atoms with E-state index >= 15 is 0 Å². The van der Waals surface area contributed by atoms with Gasteiger partial charge in [0.1, 0.15) is 5.75 Å². The topological polar surface area (TPSA) is 73.2 Å². The zero-order valence-electron chi connectivity index (χ0n) is 12.1. The lowest BCUT2D eigenvalue weighted by Crippen LogP contribution is -2.17. The number of nitrogens with one attached hydrogen (secondary N) is 1. The van der Waals surface area contributed by atoms with E-state index in [1.807, 2.05) is 19.9 Å². The number of benzene rings is 1. The molecular formula is C13H16ClN3O3S. The largest absolute Gasteiger partial charge is 0.496 e. The molecule has 0 radical (unpaired) electrons. The number of hydrogen-bond donors (Lipinski definition) is 1. The first-order valence-corrected chi connectivity index (χ1v) is 7.97. The molecule has 6 nitrogen and oxygen atoms in total. The van der Waals surface area contributed by atoms with Crippen molar-refractivity contribution >= 4 is 27.3 Å². The van der Waals surface area contributed by atoms with Gasteiger partial charge in [0, 0.05) is 13.1 Å². The number of anilines is 1. The fraction of sp³-hybridized carbons (Fsp3) is 0.308. The Bertz CT molecular complexity index is 784. The van der Waals surface area contributed by atoms with Crippen molar-refractivity contribution in [3.8, 4) is 5.75 Å². The summed E-state index contributed by atoms with van der Waals surface area (Å²) < 4.78 is 33.8. The van der Waals surface area contributed by atoms with Crippen LogP contribution >= 0.6 is 11.6 Å². The van der Waals surface area contributed by atoms with Crippen molar-refractivity contribution < 1.29 is 13.2 Å². The molecule has 0 fully saturated rings. The average Bonchev–Trinajstić information content (AvgIpc) is 2.74. The summed E-state index contributed by atoms with van der Waals surface area (Å²) >= 11 is 5.78. The molecule has 2 rings (SSSR count). The van der Waals surface area contributed by atoms with Gasteiger partial charge in [-0.05, 0) is 36.6 Å². The van der Waals surface area contributed by atoms with Crippen molar-refractivity contribution in [3.05, 3.63) is 34.7 Å². The molecule has 0 saturated carbocycles. The molecule has 114 valence electrons. The van der Waals surface area contributed by atoms with Crippen LogP contribution < -0.4 is 9.46 Å². The van der Waals surface area contributed by atoms with Crippen LogP contribution in [0.15, 0.2) is 23.4 Å². The second kappa shape index (κ2) is 5.57. The maximum atomic E-state index is 12.4. The van der Waals surface area contributed by atoms with E-state index in [1.54, 1.807) is 6.07 Å². The Morgan fingerprint density at radius 2 is 1.95 bits per heavy atom. The maximum Gasteiger partial charge on any atom is 0.279 e. The van der Waals surface area contributed by atoms with Crippen LogP contribution in [-0.4, -0.2) is 25.1 Å². The Labute approximate surface area is 128 Å². The van der Waals surface area contributed by atoms with Gasteiger partial charge in [0.25, 0.3) is 10.0 Å². The van der Waals surface area contributed by atoms with Crippen LogP contribution in [0.4, 0.5) is 5.69 Å². The minimum absolute atomic E-state index is 0.00792. The molecule has 0 spiro atoms. The molecule has 0 aliphatic carbocycles. The van der Waals surface area contributed by atoms with Gasteiger partial charge in [-0.1, -0.05) is 6.07 Å². The molecule has 21 heavy (non-hydrogen) atoms. The lowest BCUT2D eigenvalue weighted by Gasteiger charge is -2.14. The van der Waals surface area contributed by atoms with E-state index < -0.39 is 10.0 Å². The van der Waals surface area contributed by atoms with Gasteiger partial charge in [0.2, 0.25) is 5.28 Å². The van der Waals surface area contributed by atoms with E-state index in [0.29, 0.717) is 11.4 Å². The van der Waals surface area contributed by atoms with Crippen LogP contribution in [0.2, 0.25) is 5.28 Å². The molecule has 2 aromatic rings. The van der Waals surface area contributed by atoms with E-state index in [9.17, 15) is 8.42 Å². The number of nitrogens with zero attached hydrogens (tertiary/aromatic N) is 2. The van der Waals surface area contributed by atoms with Crippen LogP contribution in [0.25, 0.3) is 0 Å². The fourth-order valence-corrected chi connectivity index (χ4v) is 3.42. The van der Waals surface area contributed by atoms with E-state index in [4.69, 9.17) is 16.3 Å². The smallest absolute Gasteiger partial charge is 0.279 e. The third kappa shape index (κ3) is 2.98. The second-order valence-electron chi connectivity index (χ2n) is 4.67. The highest BCUT2D eigenvalue weighted by atomic mass is 35.5. The molecule has 0 aliphatic rings. The van der Waals surface area contributed by atoms with E-state index in [0.717, 1.165) is 11.1 Å². The molecule has 1 heterocycles. The summed E-state index contributed by atoms with van der Waals surface area (Å²) in [5.41, 5.74) is 2.18. The van der Waals surface area contributed by atoms with Crippen LogP contribution in [0.5, 0.6) is 5.75 Å². The average molecular weight is 330 g/mol. The van der Waals surface area contributed by atoms with Crippen LogP contribution in [-0.2, 0) is 17.1 Å². The first-order chi connectivity index (χ1) is 9.76. The second-order valence-corrected chi connectivity index (χ2v) is 6.63. The Morgan fingerprint density at radius 3 is 2.48 bits per heavy atom. The van der Waals surface area contributed by atoms with Crippen molar-refractivity contribution in [2.45, 2.75) is 18.9 Å². The highest BCUT2D eigenvalue weighted by Gasteiger charge is 2.21. The monoisotopic (exact) mass is 329 g/mol. The first-order valence-electron chi connectivity index (χ1n) is 6.11. The lowest BCUT2D eigenvalue weighted by atomic mass is 10.1. The normalized spacial score (nSPS) is 11.5. The van der Waals surface area contributed by atoms with Gasteiger partial charge in [-0.25, -0.2) is 4.98 Å². The van der Waals surface area contributed by atoms with Gasteiger partial charge in [-0.3, -0.25) is 4.72 Å². The van der Waals surface area contributed by atoms with Gasteiger partial charge >= 0.3 is 0 Å². The quantitative estimate of drug-likeness (QED) is 0.935. The molecule has 0 bridgehead atoms. The number of imidazole rings is 1. The lowest BCUT2D eigenvalue weighted by molar-refractivity contribution is 0.412. The number of hydrogen-bond acceptors (Lipinski definition) is 4.